The lowest BCUT2D eigenvalue weighted by molar-refractivity contribution is 0.845. The molecule has 0 aliphatic heterocycles. The highest BCUT2D eigenvalue weighted by Gasteiger charge is 2.10. The fourth-order valence-electron chi connectivity index (χ4n) is 1.95. The first-order valence-corrected chi connectivity index (χ1v) is 6.99. The van der Waals surface area contributed by atoms with Crippen LogP contribution in [0.25, 0.3) is 17.1 Å². The van der Waals surface area contributed by atoms with Gasteiger partial charge in [0.25, 0.3) is 0 Å². The van der Waals surface area contributed by atoms with Crippen LogP contribution in [0.2, 0.25) is 10.0 Å². The van der Waals surface area contributed by atoms with Crippen LogP contribution in [0, 0.1) is 11.3 Å². The molecule has 0 bridgehead atoms. The summed E-state index contributed by atoms with van der Waals surface area (Å²) in [4.78, 5) is 14.7. The lowest BCUT2D eigenvalue weighted by atomic mass is 10.1. The summed E-state index contributed by atoms with van der Waals surface area (Å²) in [7, 11) is 0. The molecule has 0 radical (unpaired) electrons. The lowest BCUT2D eigenvalue weighted by Crippen LogP contribution is -2.15. The van der Waals surface area contributed by atoms with E-state index in [0.717, 1.165) is 0 Å². The van der Waals surface area contributed by atoms with Crippen LogP contribution in [-0.4, -0.2) is 14.8 Å². The van der Waals surface area contributed by atoms with Crippen LogP contribution in [-0.2, 0) is 0 Å². The fourth-order valence-corrected chi connectivity index (χ4v) is 2.24. The van der Waals surface area contributed by atoms with Gasteiger partial charge < -0.3 is 0 Å². The maximum absolute atomic E-state index is 12.0. The van der Waals surface area contributed by atoms with Crippen LogP contribution in [0.15, 0.2) is 47.3 Å². The smallest absolute Gasteiger partial charge is 0.288 e. The minimum Gasteiger partial charge on any atom is -0.288 e. The Hall–Kier alpha value is -2.55. The van der Waals surface area contributed by atoms with Crippen LogP contribution < -0.4 is 5.69 Å². The topological polar surface area (TPSA) is 74.5 Å². The zero-order valence-electron chi connectivity index (χ0n) is 11.0. The summed E-state index contributed by atoms with van der Waals surface area (Å²) in [6.07, 6.45) is 0. The molecule has 2 aromatic carbocycles. The van der Waals surface area contributed by atoms with Crippen molar-refractivity contribution in [2.24, 2.45) is 0 Å². The molecule has 0 fully saturated rings. The van der Waals surface area contributed by atoms with Crippen molar-refractivity contribution in [2.45, 2.75) is 0 Å². The van der Waals surface area contributed by atoms with Gasteiger partial charge in [-0.05, 0) is 42.5 Å². The first-order valence-electron chi connectivity index (χ1n) is 6.24. The Bertz CT molecular complexity index is 935. The quantitative estimate of drug-likeness (QED) is 0.782. The Kier molecular flexibility index (Phi) is 3.72. The average molecular weight is 331 g/mol. The van der Waals surface area contributed by atoms with Gasteiger partial charge in [0.05, 0.1) is 27.4 Å². The van der Waals surface area contributed by atoms with Crippen LogP contribution in [0.3, 0.4) is 0 Å². The molecule has 0 atom stereocenters. The predicted molar refractivity (Wildman–Crippen MR) is 84.4 cm³/mol. The minimum absolute atomic E-state index is 0.342. The molecule has 0 unspecified atom stereocenters. The summed E-state index contributed by atoms with van der Waals surface area (Å²) >= 11 is 11.8. The Morgan fingerprint density at radius 3 is 2.45 bits per heavy atom. The van der Waals surface area contributed by atoms with Crippen molar-refractivity contribution in [1.29, 1.82) is 5.26 Å². The predicted octanol–water partition coefficient (Wildman–Crippen LogP) is 3.41. The van der Waals surface area contributed by atoms with Gasteiger partial charge in [0.15, 0.2) is 5.82 Å². The summed E-state index contributed by atoms with van der Waals surface area (Å²) in [6.45, 7) is 0. The first-order chi connectivity index (χ1) is 10.6. The molecule has 0 saturated heterocycles. The molecule has 0 aliphatic carbocycles. The minimum atomic E-state index is -0.391. The molecule has 0 aliphatic rings. The Labute approximate surface area is 135 Å². The van der Waals surface area contributed by atoms with Gasteiger partial charge in [-0.15, -0.1) is 5.10 Å². The number of nitrogens with one attached hydrogen (secondary N) is 1. The van der Waals surface area contributed by atoms with Crippen molar-refractivity contribution in [3.8, 4) is 23.1 Å². The third-order valence-electron chi connectivity index (χ3n) is 3.05. The molecule has 1 heterocycles. The van der Waals surface area contributed by atoms with Crippen molar-refractivity contribution in [1.82, 2.24) is 14.8 Å². The standard InChI is InChI=1S/C15H8Cl2N4O/c16-12-6-5-11(7-13(12)17)21-15(22)19-14(20-21)10-3-1-9(8-18)2-4-10/h1-7H,(H,19,20,22). The number of hydrogen-bond donors (Lipinski definition) is 1. The van der Waals surface area contributed by atoms with Gasteiger partial charge in [0.2, 0.25) is 0 Å². The summed E-state index contributed by atoms with van der Waals surface area (Å²) in [5.74, 6) is 0.403. The molecule has 0 saturated carbocycles. The van der Waals surface area contributed by atoms with Crippen molar-refractivity contribution in [3.63, 3.8) is 0 Å². The number of aromatic amines is 1. The van der Waals surface area contributed by atoms with E-state index in [9.17, 15) is 4.79 Å². The number of aromatic nitrogens is 3. The number of nitrogens with zero attached hydrogens (tertiary/aromatic N) is 3. The van der Waals surface area contributed by atoms with Crippen molar-refractivity contribution < 1.29 is 0 Å². The number of nitriles is 1. The molecule has 0 amide bonds. The Balaban J connectivity index is 2.05. The molecule has 22 heavy (non-hydrogen) atoms. The summed E-state index contributed by atoms with van der Waals surface area (Å²) in [5, 5.41) is 13.8. The monoisotopic (exact) mass is 330 g/mol. The maximum atomic E-state index is 12.0. The largest absolute Gasteiger partial charge is 0.348 e. The Morgan fingerprint density at radius 2 is 1.82 bits per heavy atom. The van der Waals surface area contributed by atoms with Crippen LogP contribution >= 0.6 is 23.2 Å². The van der Waals surface area contributed by atoms with Gasteiger partial charge >= 0.3 is 5.69 Å². The van der Waals surface area contributed by atoms with E-state index in [0.29, 0.717) is 32.7 Å². The number of rotatable bonds is 2. The van der Waals surface area contributed by atoms with E-state index in [4.69, 9.17) is 28.5 Å². The molecule has 108 valence electrons. The van der Waals surface area contributed by atoms with Gasteiger partial charge in [-0.3, -0.25) is 4.98 Å². The average Bonchev–Trinajstić information content (AvgIpc) is 2.92. The highest BCUT2D eigenvalue weighted by Crippen LogP contribution is 2.24. The van der Waals surface area contributed by atoms with E-state index >= 15 is 0 Å². The number of halogens is 2. The van der Waals surface area contributed by atoms with E-state index in [1.165, 1.54) is 4.68 Å². The SMILES string of the molecule is N#Cc1ccc(-c2nn(-c3ccc(Cl)c(Cl)c3)c(=O)[nH]2)cc1. The molecule has 5 nitrogen and oxygen atoms in total. The van der Waals surface area contributed by atoms with Gasteiger partial charge in [0, 0.05) is 5.56 Å². The van der Waals surface area contributed by atoms with Crippen LogP contribution in [0.1, 0.15) is 5.56 Å². The van der Waals surface area contributed by atoms with Gasteiger partial charge in [-0.1, -0.05) is 23.2 Å². The van der Waals surface area contributed by atoms with Crippen LogP contribution in [0.4, 0.5) is 0 Å². The number of benzene rings is 2. The molecule has 7 heteroatoms. The maximum Gasteiger partial charge on any atom is 0.348 e. The molecule has 0 spiro atoms. The van der Waals surface area contributed by atoms with E-state index in [1.54, 1.807) is 42.5 Å². The van der Waals surface area contributed by atoms with Crippen LogP contribution in [0.5, 0.6) is 0 Å². The summed E-state index contributed by atoms with van der Waals surface area (Å²) in [5.41, 5.74) is 1.36. The molecule has 1 N–H and O–H groups in total. The zero-order valence-corrected chi connectivity index (χ0v) is 12.6. The van der Waals surface area contributed by atoms with Crippen molar-refractivity contribution >= 4 is 23.2 Å². The third-order valence-corrected chi connectivity index (χ3v) is 3.79. The van der Waals surface area contributed by atoms with Crippen molar-refractivity contribution in [3.05, 3.63) is 68.6 Å². The van der Waals surface area contributed by atoms with E-state index in [2.05, 4.69) is 10.1 Å². The molecule has 3 rings (SSSR count). The second-order valence-electron chi connectivity index (χ2n) is 4.48. The lowest BCUT2D eigenvalue weighted by Gasteiger charge is -2.01. The number of H-pyrrole nitrogens is 1. The molecular weight excluding hydrogens is 323 g/mol. The Morgan fingerprint density at radius 1 is 1.09 bits per heavy atom. The zero-order chi connectivity index (χ0) is 15.7. The normalized spacial score (nSPS) is 10.4. The molecule has 1 aromatic heterocycles. The first kappa shape index (κ1) is 14.4. The molecule has 3 aromatic rings. The fraction of sp³-hybridized carbons (Fsp3) is 0. The van der Waals surface area contributed by atoms with Gasteiger partial charge in [-0.2, -0.15) is 9.94 Å². The third kappa shape index (κ3) is 2.62. The highest BCUT2D eigenvalue weighted by atomic mass is 35.5. The summed E-state index contributed by atoms with van der Waals surface area (Å²) < 4.78 is 1.20. The second-order valence-corrected chi connectivity index (χ2v) is 5.29. The second kappa shape index (κ2) is 5.68. The molecular formula is C15H8Cl2N4O. The van der Waals surface area contributed by atoms with Gasteiger partial charge in [0.1, 0.15) is 0 Å². The van der Waals surface area contributed by atoms with E-state index in [1.807, 2.05) is 6.07 Å². The van der Waals surface area contributed by atoms with E-state index < -0.39 is 5.69 Å². The highest BCUT2D eigenvalue weighted by molar-refractivity contribution is 6.42. The van der Waals surface area contributed by atoms with Crippen molar-refractivity contribution in [2.75, 3.05) is 0 Å². The van der Waals surface area contributed by atoms with Gasteiger partial charge in [-0.25, -0.2) is 4.79 Å². The van der Waals surface area contributed by atoms with E-state index in [-0.39, 0.29) is 0 Å². The summed E-state index contributed by atoms with van der Waals surface area (Å²) in [6, 6.07) is 13.6. The number of hydrogen-bond acceptors (Lipinski definition) is 3.